The van der Waals surface area contributed by atoms with Crippen molar-refractivity contribution in [1.29, 1.82) is 0 Å². The van der Waals surface area contributed by atoms with Crippen LogP contribution < -0.4 is 16.1 Å². The van der Waals surface area contributed by atoms with Gasteiger partial charge in [-0.15, -0.1) is 0 Å². The van der Waals surface area contributed by atoms with Gasteiger partial charge in [-0.05, 0) is 23.3 Å². The number of carbonyl (C=O) groups is 2. The van der Waals surface area contributed by atoms with Gasteiger partial charge in [0.15, 0.2) is 0 Å². The summed E-state index contributed by atoms with van der Waals surface area (Å²) in [6, 6.07) is 22.7. The Balaban J connectivity index is 1.64. The lowest BCUT2D eigenvalue weighted by Crippen LogP contribution is -2.36. The third-order valence-corrected chi connectivity index (χ3v) is 4.26. The molecule has 0 radical (unpaired) electrons. The van der Waals surface area contributed by atoms with Crippen LogP contribution in [0.3, 0.4) is 0 Å². The number of amides is 2. The molecule has 3 aromatic rings. The van der Waals surface area contributed by atoms with Crippen molar-refractivity contribution in [3.8, 4) is 0 Å². The second-order valence-electron chi connectivity index (χ2n) is 6.51. The molecule has 0 aliphatic carbocycles. The Kier molecular flexibility index (Phi) is 7.64. The third-order valence-electron chi connectivity index (χ3n) is 4.26. The molecule has 0 saturated carbocycles. The van der Waals surface area contributed by atoms with Gasteiger partial charge in [-0.25, -0.2) is 9.59 Å². The first kappa shape index (κ1) is 21.9. The molecule has 0 spiro atoms. The molecule has 0 fully saturated rings. The van der Waals surface area contributed by atoms with E-state index >= 15 is 0 Å². The number of anilines is 2. The Morgan fingerprint density at radius 2 is 1.10 bits per heavy atom. The van der Waals surface area contributed by atoms with Gasteiger partial charge in [0, 0.05) is 16.8 Å². The molecule has 0 aliphatic heterocycles. The zero-order chi connectivity index (χ0) is 22.1. The fraction of sp³-hybridized carbons (Fsp3) is 0.0909. The lowest BCUT2D eigenvalue weighted by molar-refractivity contribution is 0.154. The lowest BCUT2D eigenvalue weighted by Gasteiger charge is -2.16. The van der Waals surface area contributed by atoms with Crippen molar-refractivity contribution in [3.05, 3.63) is 90.0 Å². The van der Waals surface area contributed by atoms with E-state index in [0.29, 0.717) is 0 Å². The zero-order valence-electron chi connectivity index (χ0n) is 16.5. The number of ether oxygens (including phenoxy) is 2. The summed E-state index contributed by atoms with van der Waals surface area (Å²) in [7, 11) is -1.96. The summed E-state index contributed by atoms with van der Waals surface area (Å²) in [6.07, 6.45) is -1.57. The molecule has 0 bridgehead atoms. The Morgan fingerprint density at radius 1 is 0.677 bits per heavy atom. The van der Waals surface area contributed by atoms with Gasteiger partial charge in [0.25, 0.3) is 0 Å². The molecule has 8 nitrogen and oxygen atoms in total. The van der Waals surface area contributed by atoms with Gasteiger partial charge < -0.3 is 19.5 Å². The van der Waals surface area contributed by atoms with Gasteiger partial charge in [-0.1, -0.05) is 66.7 Å². The van der Waals surface area contributed by atoms with Crippen LogP contribution in [-0.4, -0.2) is 29.4 Å². The molecule has 0 atom stereocenters. The van der Waals surface area contributed by atoms with Gasteiger partial charge in [-0.3, -0.25) is 10.6 Å². The average molecular weight is 420 g/mol. The molecular formula is C22H21BN2O6. The van der Waals surface area contributed by atoms with Crippen molar-refractivity contribution in [1.82, 2.24) is 0 Å². The number of rotatable bonds is 7. The zero-order valence-corrected chi connectivity index (χ0v) is 16.5. The van der Waals surface area contributed by atoms with Crippen LogP contribution in [0.2, 0.25) is 0 Å². The fourth-order valence-electron chi connectivity index (χ4n) is 2.80. The summed E-state index contributed by atoms with van der Waals surface area (Å²) >= 11 is 0. The summed E-state index contributed by atoms with van der Waals surface area (Å²) < 4.78 is 10.3. The van der Waals surface area contributed by atoms with Crippen LogP contribution in [0.1, 0.15) is 11.1 Å². The number of nitrogens with one attached hydrogen (secondary N) is 2. The van der Waals surface area contributed by atoms with E-state index in [1.165, 1.54) is 18.2 Å². The molecule has 0 aromatic heterocycles. The second kappa shape index (κ2) is 10.8. The minimum absolute atomic E-state index is 0.0490. The molecule has 3 aromatic carbocycles. The normalized spacial score (nSPS) is 10.1. The summed E-state index contributed by atoms with van der Waals surface area (Å²) in [5.41, 5.74) is 1.66. The molecule has 2 amide bonds. The van der Waals surface area contributed by atoms with E-state index in [0.717, 1.165) is 11.1 Å². The average Bonchev–Trinajstić information content (AvgIpc) is 2.77. The standard InChI is InChI=1S/C22H21BN2O6/c26-21(30-14-16-8-3-1-4-9-16)24-18-12-7-13-19(20(18)23(28)29)25-22(27)31-15-17-10-5-2-6-11-17/h1-13,28-29H,14-15H2,(H,24,26)(H,25,27). The van der Waals surface area contributed by atoms with E-state index in [-0.39, 0.29) is 30.1 Å². The Morgan fingerprint density at radius 3 is 1.48 bits per heavy atom. The molecule has 31 heavy (non-hydrogen) atoms. The van der Waals surface area contributed by atoms with Crippen molar-refractivity contribution in [3.63, 3.8) is 0 Å². The molecule has 9 heteroatoms. The minimum Gasteiger partial charge on any atom is -0.444 e. The molecule has 0 saturated heterocycles. The van der Waals surface area contributed by atoms with E-state index < -0.39 is 19.3 Å². The Bertz CT molecular complexity index is 939. The summed E-state index contributed by atoms with van der Waals surface area (Å²) in [6.45, 7) is 0.0981. The van der Waals surface area contributed by atoms with Gasteiger partial charge in [0.1, 0.15) is 13.2 Å². The Labute approximate surface area is 179 Å². The predicted molar refractivity (Wildman–Crippen MR) is 117 cm³/mol. The summed E-state index contributed by atoms with van der Waals surface area (Å²) in [5, 5.41) is 24.5. The summed E-state index contributed by atoms with van der Waals surface area (Å²) in [5.74, 6) is 0. The second-order valence-corrected chi connectivity index (χ2v) is 6.51. The van der Waals surface area contributed by atoms with Crippen LogP contribution in [-0.2, 0) is 22.7 Å². The van der Waals surface area contributed by atoms with E-state index in [9.17, 15) is 19.6 Å². The van der Waals surface area contributed by atoms with E-state index in [4.69, 9.17) is 9.47 Å². The van der Waals surface area contributed by atoms with Crippen LogP contribution in [0.25, 0.3) is 0 Å². The van der Waals surface area contributed by atoms with Gasteiger partial charge in [-0.2, -0.15) is 0 Å². The fourth-order valence-corrected chi connectivity index (χ4v) is 2.80. The highest BCUT2D eigenvalue weighted by Crippen LogP contribution is 2.15. The summed E-state index contributed by atoms with van der Waals surface area (Å²) in [4.78, 5) is 24.3. The van der Waals surface area contributed by atoms with Crippen LogP contribution in [0, 0.1) is 0 Å². The molecule has 4 N–H and O–H groups in total. The Hall–Kier alpha value is -3.82. The van der Waals surface area contributed by atoms with Crippen LogP contribution >= 0.6 is 0 Å². The van der Waals surface area contributed by atoms with Crippen molar-refractivity contribution >= 4 is 36.1 Å². The quantitative estimate of drug-likeness (QED) is 0.437. The highest BCUT2D eigenvalue weighted by atomic mass is 16.6. The maximum atomic E-state index is 12.1. The molecule has 0 unspecified atom stereocenters. The maximum absolute atomic E-state index is 12.1. The molecular weight excluding hydrogens is 399 g/mol. The minimum atomic E-state index is -1.96. The highest BCUT2D eigenvalue weighted by Gasteiger charge is 2.23. The molecule has 0 aliphatic rings. The van der Waals surface area contributed by atoms with Crippen molar-refractivity contribution in [2.24, 2.45) is 0 Å². The van der Waals surface area contributed by atoms with Gasteiger partial charge in [0.05, 0.1) is 0 Å². The largest absolute Gasteiger partial charge is 0.492 e. The predicted octanol–water partition coefficient (Wildman–Crippen LogP) is 2.86. The molecule has 0 heterocycles. The van der Waals surface area contributed by atoms with Crippen molar-refractivity contribution < 1.29 is 29.1 Å². The first-order chi connectivity index (χ1) is 15.0. The first-order valence-electron chi connectivity index (χ1n) is 9.47. The van der Waals surface area contributed by atoms with Gasteiger partial charge in [0.2, 0.25) is 0 Å². The highest BCUT2D eigenvalue weighted by molar-refractivity contribution is 6.63. The lowest BCUT2D eigenvalue weighted by atomic mass is 9.77. The smallest absolute Gasteiger partial charge is 0.444 e. The molecule has 158 valence electrons. The molecule has 3 rings (SSSR count). The number of hydrogen-bond acceptors (Lipinski definition) is 6. The third kappa shape index (κ3) is 6.60. The van der Waals surface area contributed by atoms with E-state index in [1.807, 2.05) is 60.7 Å². The monoisotopic (exact) mass is 420 g/mol. The van der Waals surface area contributed by atoms with Crippen LogP contribution in [0.5, 0.6) is 0 Å². The SMILES string of the molecule is O=C(Nc1cccc(NC(=O)OCc2ccccc2)c1B(O)O)OCc1ccccc1. The number of benzene rings is 3. The van der Waals surface area contributed by atoms with E-state index in [2.05, 4.69) is 10.6 Å². The maximum Gasteiger partial charge on any atom is 0.492 e. The van der Waals surface area contributed by atoms with Crippen LogP contribution in [0.4, 0.5) is 21.0 Å². The van der Waals surface area contributed by atoms with Crippen molar-refractivity contribution in [2.75, 3.05) is 10.6 Å². The number of hydrogen-bond donors (Lipinski definition) is 4. The van der Waals surface area contributed by atoms with Crippen molar-refractivity contribution in [2.45, 2.75) is 13.2 Å². The van der Waals surface area contributed by atoms with E-state index in [1.54, 1.807) is 0 Å². The first-order valence-corrected chi connectivity index (χ1v) is 9.47. The van der Waals surface area contributed by atoms with Crippen LogP contribution in [0.15, 0.2) is 78.9 Å². The van der Waals surface area contributed by atoms with Gasteiger partial charge >= 0.3 is 19.3 Å². The topological polar surface area (TPSA) is 117 Å². The number of carbonyl (C=O) groups excluding carboxylic acids is 2.